The van der Waals surface area contributed by atoms with Crippen LogP contribution in [-0.2, 0) is 4.79 Å². The first-order valence-electron chi connectivity index (χ1n) is 6.25. The maximum Gasteiger partial charge on any atom is 0.250 e. The van der Waals surface area contributed by atoms with Gasteiger partial charge >= 0.3 is 0 Å². The number of hydrogen-bond donors (Lipinski definition) is 1. The third kappa shape index (κ3) is 3.56. The first-order valence-corrected chi connectivity index (χ1v) is 6.79. The van der Waals surface area contributed by atoms with Gasteiger partial charge in [-0.2, -0.15) is 0 Å². The summed E-state index contributed by atoms with van der Waals surface area (Å²) in [5.74, 6) is -0.846. The summed E-state index contributed by atoms with van der Waals surface area (Å²) in [5.41, 5.74) is -0.448. The molecule has 0 aliphatic heterocycles. The van der Waals surface area contributed by atoms with E-state index < -0.39 is 11.4 Å². The monoisotopic (exact) mass is 286 g/mol. The maximum absolute atomic E-state index is 13.4. The van der Waals surface area contributed by atoms with Gasteiger partial charge in [-0.05, 0) is 25.0 Å². The van der Waals surface area contributed by atoms with E-state index in [1.165, 1.54) is 18.3 Å². The van der Waals surface area contributed by atoms with Gasteiger partial charge in [0.2, 0.25) is 11.8 Å². The minimum absolute atomic E-state index is 0.0334. The average Bonchev–Trinajstić information content (AvgIpc) is 2.86. The van der Waals surface area contributed by atoms with E-state index in [1.54, 1.807) is 0 Å². The highest BCUT2D eigenvalue weighted by Crippen LogP contribution is 2.30. The maximum atomic E-state index is 13.4. The molecule has 4 nitrogen and oxygen atoms in total. The molecule has 1 aliphatic carbocycles. The summed E-state index contributed by atoms with van der Waals surface area (Å²) in [7, 11) is 0. The Hall–Kier alpha value is -1.36. The van der Waals surface area contributed by atoms with Crippen molar-refractivity contribution < 1.29 is 13.9 Å². The molecule has 1 saturated carbocycles. The molecule has 2 rings (SSSR count). The van der Waals surface area contributed by atoms with E-state index in [0.717, 1.165) is 25.7 Å². The van der Waals surface area contributed by atoms with Crippen molar-refractivity contribution in [2.45, 2.75) is 31.2 Å². The van der Waals surface area contributed by atoms with Crippen molar-refractivity contribution in [1.82, 2.24) is 10.3 Å². The molecular weight excluding hydrogens is 271 g/mol. The third-order valence-corrected chi connectivity index (χ3v) is 3.54. The highest BCUT2D eigenvalue weighted by molar-refractivity contribution is 6.27. The number of ether oxygens (including phenoxy) is 1. The Labute approximate surface area is 116 Å². The Balaban J connectivity index is 2.01. The molecular formula is C13H16ClFN2O2. The number of alkyl halides is 1. The van der Waals surface area contributed by atoms with Crippen LogP contribution in [0.25, 0.3) is 0 Å². The van der Waals surface area contributed by atoms with Crippen molar-refractivity contribution in [2.75, 3.05) is 12.5 Å². The number of amides is 1. The first-order chi connectivity index (χ1) is 9.15. The van der Waals surface area contributed by atoms with Crippen molar-refractivity contribution >= 4 is 17.5 Å². The molecule has 1 fully saturated rings. The second kappa shape index (κ2) is 6.19. The number of hydrogen-bond acceptors (Lipinski definition) is 3. The van der Waals surface area contributed by atoms with E-state index in [0.29, 0.717) is 0 Å². The van der Waals surface area contributed by atoms with E-state index in [9.17, 15) is 9.18 Å². The summed E-state index contributed by atoms with van der Waals surface area (Å²) in [4.78, 5) is 15.3. The summed E-state index contributed by atoms with van der Waals surface area (Å²) < 4.78 is 18.8. The molecule has 0 saturated heterocycles. The molecule has 1 aliphatic rings. The van der Waals surface area contributed by atoms with Crippen molar-refractivity contribution in [3.63, 3.8) is 0 Å². The molecule has 0 aromatic carbocycles. The molecule has 0 radical (unpaired) electrons. The lowest BCUT2D eigenvalue weighted by atomic mass is 9.99. The Morgan fingerprint density at radius 2 is 2.26 bits per heavy atom. The Morgan fingerprint density at radius 1 is 1.53 bits per heavy atom. The number of rotatable bonds is 5. The smallest absolute Gasteiger partial charge is 0.250 e. The standard InChI is InChI=1S/C13H16ClFN2O2/c14-8-11(18)17-13(5-1-2-6-13)9-19-12-10(15)4-3-7-16-12/h3-4,7H,1-2,5-6,8-9H2,(H,17,18). The van der Waals surface area contributed by atoms with Crippen molar-refractivity contribution in [3.05, 3.63) is 24.1 Å². The highest BCUT2D eigenvalue weighted by Gasteiger charge is 2.36. The van der Waals surface area contributed by atoms with Gasteiger partial charge in [-0.25, -0.2) is 9.37 Å². The molecule has 104 valence electrons. The Morgan fingerprint density at radius 3 is 2.89 bits per heavy atom. The molecule has 0 atom stereocenters. The fourth-order valence-corrected chi connectivity index (χ4v) is 2.44. The zero-order valence-corrected chi connectivity index (χ0v) is 11.3. The van der Waals surface area contributed by atoms with Gasteiger partial charge in [0.05, 0.1) is 5.54 Å². The van der Waals surface area contributed by atoms with E-state index in [4.69, 9.17) is 16.3 Å². The average molecular weight is 287 g/mol. The molecule has 0 unspecified atom stereocenters. The first kappa shape index (κ1) is 14.1. The highest BCUT2D eigenvalue weighted by atomic mass is 35.5. The fourth-order valence-electron chi connectivity index (χ4n) is 2.37. The molecule has 1 N–H and O–H groups in total. The lowest BCUT2D eigenvalue weighted by Crippen LogP contribution is -2.51. The van der Waals surface area contributed by atoms with Crippen molar-refractivity contribution in [1.29, 1.82) is 0 Å². The predicted molar refractivity (Wildman–Crippen MR) is 69.8 cm³/mol. The van der Waals surface area contributed by atoms with Gasteiger partial charge in [-0.1, -0.05) is 12.8 Å². The van der Waals surface area contributed by atoms with Crippen LogP contribution in [0.4, 0.5) is 4.39 Å². The number of carbonyl (C=O) groups excluding carboxylic acids is 1. The second-order valence-electron chi connectivity index (χ2n) is 4.75. The summed E-state index contributed by atoms with van der Waals surface area (Å²) in [6.45, 7) is 0.212. The quantitative estimate of drug-likeness (QED) is 0.845. The van der Waals surface area contributed by atoms with Crippen molar-refractivity contribution in [2.24, 2.45) is 0 Å². The van der Waals surface area contributed by atoms with Gasteiger partial charge in [0.15, 0.2) is 5.82 Å². The number of pyridine rings is 1. The predicted octanol–water partition coefficient (Wildman–Crippen LogP) is 2.27. The van der Waals surface area contributed by atoms with Crippen LogP contribution >= 0.6 is 11.6 Å². The molecule has 1 aromatic rings. The lowest BCUT2D eigenvalue weighted by molar-refractivity contribution is -0.121. The summed E-state index contributed by atoms with van der Waals surface area (Å²) in [6.07, 6.45) is 5.11. The summed E-state index contributed by atoms with van der Waals surface area (Å²) in [5, 5.41) is 2.89. The number of aromatic nitrogens is 1. The third-order valence-electron chi connectivity index (χ3n) is 3.30. The van der Waals surface area contributed by atoms with Crippen LogP contribution in [0.3, 0.4) is 0 Å². The molecule has 6 heteroatoms. The van der Waals surface area contributed by atoms with Crippen LogP contribution in [0.1, 0.15) is 25.7 Å². The minimum atomic E-state index is -0.501. The molecule has 0 bridgehead atoms. The van der Waals surface area contributed by atoms with Crippen LogP contribution in [0.15, 0.2) is 18.3 Å². The van der Waals surface area contributed by atoms with Crippen LogP contribution in [0, 0.1) is 5.82 Å². The van der Waals surface area contributed by atoms with E-state index >= 15 is 0 Å². The number of carbonyl (C=O) groups is 1. The van der Waals surface area contributed by atoms with Crippen LogP contribution in [-0.4, -0.2) is 28.9 Å². The number of nitrogens with zero attached hydrogens (tertiary/aromatic N) is 1. The zero-order chi connectivity index (χ0) is 13.7. The van der Waals surface area contributed by atoms with Gasteiger partial charge in [0.25, 0.3) is 0 Å². The second-order valence-corrected chi connectivity index (χ2v) is 5.02. The lowest BCUT2D eigenvalue weighted by Gasteiger charge is -2.29. The molecule has 1 heterocycles. The van der Waals surface area contributed by atoms with Gasteiger partial charge in [0.1, 0.15) is 12.5 Å². The van der Waals surface area contributed by atoms with Crippen LogP contribution in [0.5, 0.6) is 5.88 Å². The topological polar surface area (TPSA) is 51.2 Å². The SMILES string of the molecule is O=C(CCl)NC1(COc2ncccc2F)CCCC1. The molecule has 19 heavy (non-hydrogen) atoms. The normalized spacial score (nSPS) is 17.2. The van der Waals surface area contributed by atoms with E-state index in [1.807, 2.05) is 0 Å². The molecule has 1 aromatic heterocycles. The van der Waals surface area contributed by atoms with Gasteiger partial charge in [-0.3, -0.25) is 4.79 Å². The van der Waals surface area contributed by atoms with Gasteiger partial charge in [0, 0.05) is 6.20 Å². The van der Waals surface area contributed by atoms with Crippen LogP contribution in [0.2, 0.25) is 0 Å². The van der Waals surface area contributed by atoms with E-state index in [-0.39, 0.29) is 24.3 Å². The van der Waals surface area contributed by atoms with E-state index in [2.05, 4.69) is 10.3 Å². The zero-order valence-electron chi connectivity index (χ0n) is 10.5. The Bertz CT molecular complexity index is 450. The number of nitrogens with one attached hydrogen (secondary N) is 1. The Kier molecular flexibility index (Phi) is 4.58. The van der Waals surface area contributed by atoms with Crippen LogP contribution < -0.4 is 10.1 Å². The summed E-state index contributed by atoms with van der Waals surface area (Å²) >= 11 is 5.51. The summed E-state index contributed by atoms with van der Waals surface area (Å²) in [6, 6.07) is 2.80. The minimum Gasteiger partial charge on any atom is -0.473 e. The van der Waals surface area contributed by atoms with Gasteiger partial charge in [-0.15, -0.1) is 11.6 Å². The molecule has 0 spiro atoms. The number of halogens is 2. The molecule has 1 amide bonds. The largest absolute Gasteiger partial charge is 0.473 e. The van der Waals surface area contributed by atoms with Gasteiger partial charge < -0.3 is 10.1 Å². The van der Waals surface area contributed by atoms with Crippen molar-refractivity contribution in [3.8, 4) is 5.88 Å². The fraction of sp³-hybridized carbons (Fsp3) is 0.538.